The molecule has 0 aromatic heterocycles. The third kappa shape index (κ3) is 6.16. The van der Waals surface area contributed by atoms with Crippen LogP contribution in [0, 0.1) is 5.92 Å². The number of carbonyl (C=O) groups is 1. The number of hydrogen-bond acceptors (Lipinski definition) is 2. The van der Waals surface area contributed by atoms with Crippen LogP contribution in [-0.4, -0.2) is 48.1 Å². The minimum atomic E-state index is 0.0861. The fraction of sp³-hybridized carbons (Fsp3) is 0.650. The molecule has 0 spiro atoms. The van der Waals surface area contributed by atoms with Crippen LogP contribution in [0.15, 0.2) is 30.3 Å². The van der Waals surface area contributed by atoms with E-state index in [1.54, 1.807) is 0 Å². The fourth-order valence-corrected chi connectivity index (χ4v) is 3.37. The van der Waals surface area contributed by atoms with E-state index in [0.29, 0.717) is 18.5 Å². The highest BCUT2D eigenvalue weighted by atomic mass is 16.2. The van der Waals surface area contributed by atoms with E-state index < -0.39 is 0 Å². The maximum Gasteiger partial charge on any atom is 0.317 e. The Morgan fingerprint density at radius 1 is 1.25 bits per heavy atom. The predicted octanol–water partition coefficient (Wildman–Crippen LogP) is 3.73. The lowest BCUT2D eigenvalue weighted by molar-refractivity contribution is 0.162. The summed E-state index contributed by atoms with van der Waals surface area (Å²) < 4.78 is 0. The van der Waals surface area contributed by atoms with Crippen LogP contribution in [0.2, 0.25) is 0 Å². The first kappa shape index (κ1) is 18.8. The Kier molecular flexibility index (Phi) is 7.57. The largest absolute Gasteiger partial charge is 0.335 e. The van der Waals surface area contributed by atoms with Crippen molar-refractivity contribution in [2.45, 2.75) is 52.6 Å². The van der Waals surface area contributed by atoms with E-state index in [-0.39, 0.29) is 6.03 Å². The van der Waals surface area contributed by atoms with Gasteiger partial charge in [-0.05, 0) is 30.7 Å². The van der Waals surface area contributed by atoms with Crippen LogP contribution < -0.4 is 5.32 Å². The number of urea groups is 1. The SMILES string of the molecule is CCCN(Cc1ccccc1)C(=O)NC1CCN(CC(C)C)CC1. The van der Waals surface area contributed by atoms with Gasteiger partial charge in [0.25, 0.3) is 0 Å². The van der Waals surface area contributed by atoms with Crippen molar-refractivity contribution in [1.29, 1.82) is 0 Å². The molecule has 134 valence electrons. The van der Waals surface area contributed by atoms with Crippen molar-refractivity contribution in [2.75, 3.05) is 26.2 Å². The third-order valence-electron chi connectivity index (χ3n) is 4.54. The van der Waals surface area contributed by atoms with Gasteiger partial charge in [-0.1, -0.05) is 51.1 Å². The molecule has 1 aliphatic rings. The summed E-state index contributed by atoms with van der Waals surface area (Å²) in [6.07, 6.45) is 3.10. The number of amides is 2. The van der Waals surface area contributed by atoms with Gasteiger partial charge in [0.15, 0.2) is 0 Å². The van der Waals surface area contributed by atoms with Gasteiger partial charge in [0, 0.05) is 38.8 Å². The van der Waals surface area contributed by atoms with E-state index >= 15 is 0 Å². The first-order chi connectivity index (χ1) is 11.6. The summed E-state index contributed by atoms with van der Waals surface area (Å²) in [5.41, 5.74) is 1.19. The smallest absolute Gasteiger partial charge is 0.317 e. The van der Waals surface area contributed by atoms with E-state index in [1.165, 1.54) is 5.56 Å². The number of benzene rings is 1. The molecule has 0 saturated carbocycles. The predicted molar refractivity (Wildman–Crippen MR) is 100.0 cm³/mol. The summed E-state index contributed by atoms with van der Waals surface area (Å²) in [5.74, 6) is 0.710. The number of nitrogens with one attached hydrogen (secondary N) is 1. The molecule has 0 unspecified atom stereocenters. The second-order valence-electron chi connectivity index (χ2n) is 7.33. The van der Waals surface area contributed by atoms with E-state index in [0.717, 1.165) is 45.4 Å². The van der Waals surface area contributed by atoms with Gasteiger partial charge in [0.05, 0.1) is 0 Å². The first-order valence-corrected chi connectivity index (χ1v) is 9.40. The van der Waals surface area contributed by atoms with Crippen molar-refractivity contribution in [3.05, 3.63) is 35.9 Å². The zero-order valence-corrected chi connectivity index (χ0v) is 15.5. The summed E-state index contributed by atoms with van der Waals surface area (Å²) >= 11 is 0. The van der Waals surface area contributed by atoms with Gasteiger partial charge in [0.2, 0.25) is 0 Å². The van der Waals surface area contributed by atoms with Gasteiger partial charge in [0.1, 0.15) is 0 Å². The number of rotatable bonds is 7. The average Bonchev–Trinajstić information content (AvgIpc) is 2.57. The molecule has 24 heavy (non-hydrogen) atoms. The van der Waals surface area contributed by atoms with E-state index in [9.17, 15) is 4.79 Å². The second kappa shape index (κ2) is 9.67. The van der Waals surface area contributed by atoms with Crippen molar-refractivity contribution >= 4 is 6.03 Å². The van der Waals surface area contributed by atoms with E-state index in [1.807, 2.05) is 23.1 Å². The second-order valence-corrected chi connectivity index (χ2v) is 7.33. The van der Waals surface area contributed by atoms with E-state index in [2.05, 4.69) is 43.1 Å². The maximum absolute atomic E-state index is 12.7. The number of likely N-dealkylation sites (tertiary alicyclic amines) is 1. The highest BCUT2D eigenvalue weighted by Gasteiger charge is 2.23. The summed E-state index contributed by atoms with van der Waals surface area (Å²) in [6.45, 7) is 11.5. The number of piperidine rings is 1. The Morgan fingerprint density at radius 2 is 1.92 bits per heavy atom. The lowest BCUT2D eigenvalue weighted by atomic mass is 10.0. The molecular weight excluding hydrogens is 298 g/mol. The molecule has 1 saturated heterocycles. The zero-order valence-electron chi connectivity index (χ0n) is 15.5. The number of hydrogen-bond donors (Lipinski definition) is 1. The molecule has 1 aromatic carbocycles. The monoisotopic (exact) mass is 331 g/mol. The van der Waals surface area contributed by atoms with Gasteiger partial charge in [-0.2, -0.15) is 0 Å². The summed E-state index contributed by atoms with van der Waals surface area (Å²) in [6, 6.07) is 10.6. The fourth-order valence-electron chi connectivity index (χ4n) is 3.37. The van der Waals surface area contributed by atoms with Gasteiger partial charge in [-0.3, -0.25) is 0 Å². The van der Waals surface area contributed by atoms with E-state index in [4.69, 9.17) is 0 Å². The first-order valence-electron chi connectivity index (χ1n) is 9.40. The quantitative estimate of drug-likeness (QED) is 0.826. The Bertz CT molecular complexity index is 481. The van der Waals surface area contributed by atoms with Gasteiger partial charge in [-0.15, -0.1) is 0 Å². The zero-order chi connectivity index (χ0) is 17.4. The minimum absolute atomic E-state index is 0.0861. The van der Waals surface area contributed by atoms with Gasteiger partial charge >= 0.3 is 6.03 Å². The average molecular weight is 332 g/mol. The molecule has 0 aliphatic carbocycles. The van der Waals surface area contributed by atoms with Crippen molar-refractivity contribution in [2.24, 2.45) is 5.92 Å². The summed E-state index contributed by atoms with van der Waals surface area (Å²) in [7, 11) is 0. The molecule has 4 nitrogen and oxygen atoms in total. The van der Waals surface area contributed by atoms with Crippen molar-refractivity contribution in [3.8, 4) is 0 Å². The molecule has 1 aliphatic heterocycles. The van der Waals surface area contributed by atoms with Gasteiger partial charge in [-0.25, -0.2) is 4.79 Å². The molecule has 1 heterocycles. The molecule has 2 rings (SSSR count). The van der Waals surface area contributed by atoms with Crippen LogP contribution in [-0.2, 0) is 6.54 Å². The highest BCUT2D eigenvalue weighted by Crippen LogP contribution is 2.13. The molecule has 1 fully saturated rings. The normalized spacial score (nSPS) is 16.3. The number of nitrogens with zero attached hydrogens (tertiary/aromatic N) is 2. The molecule has 4 heteroatoms. The summed E-state index contributed by atoms with van der Waals surface area (Å²) in [4.78, 5) is 17.1. The van der Waals surface area contributed by atoms with Crippen LogP contribution in [0.3, 0.4) is 0 Å². The summed E-state index contributed by atoms with van der Waals surface area (Å²) in [5, 5.41) is 3.26. The maximum atomic E-state index is 12.7. The van der Waals surface area contributed by atoms with Crippen LogP contribution in [0.1, 0.15) is 45.6 Å². The van der Waals surface area contributed by atoms with Crippen molar-refractivity contribution in [3.63, 3.8) is 0 Å². The molecule has 1 aromatic rings. The van der Waals surface area contributed by atoms with Crippen LogP contribution in [0.5, 0.6) is 0 Å². The topological polar surface area (TPSA) is 35.6 Å². The molecule has 0 atom stereocenters. The molecule has 0 radical (unpaired) electrons. The number of carbonyl (C=O) groups excluding carboxylic acids is 1. The highest BCUT2D eigenvalue weighted by molar-refractivity contribution is 5.74. The Balaban J connectivity index is 1.82. The van der Waals surface area contributed by atoms with Crippen LogP contribution >= 0.6 is 0 Å². The van der Waals surface area contributed by atoms with Crippen molar-refractivity contribution in [1.82, 2.24) is 15.1 Å². The van der Waals surface area contributed by atoms with Crippen LogP contribution in [0.25, 0.3) is 0 Å². The Labute approximate surface area is 147 Å². The third-order valence-corrected chi connectivity index (χ3v) is 4.54. The Morgan fingerprint density at radius 3 is 2.50 bits per heavy atom. The Hall–Kier alpha value is -1.55. The minimum Gasteiger partial charge on any atom is -0.335 e. The molecule has 0 bridgehead atoms. The molecule has 2 amide bonds. The van der Waals surface area contributed by atoms with Gasteiger partial charge < -0.3 is 15.1 Å². The molecular formula is C20H33N3O. The standard InChI is InChI=1S/C20H33N3O/c1-4-12-23(16-18-8-6-5-7-9-18)20(24)21-19-10-13-22(14-11-19)15-17(2)3/h5-9,17,19H,4,10-16H2,1-3H3,(H,21,24). The lowest BCUT2D eigenvalue weighted by Crippen LogP contribution is -2.49. The lowest BCUT2D eigenvalue weighted by Gasteiger charge is -2.34. The van der Waals surface area contributed by atoms with Crippen LogP contribution in [0.4, 0.5) is 4.79 Å². The molecule has 1 N–H and O–H groups in total. The van der Waals surface area contributed by atoms with Crippen molar-refractivity contribution < 1.29 is 4.79 Å².